The second-order valence-corrected chi connectivity index (χ2v) is 6.04. The fourth-order valence-corrected chi connectivity index (χ4v) is 2.62. The molecule has 2 aromatic rings. The van der Waals surface area contributed by atoms with E-state index in [0.29, 0.717) is 6.61 Å². The van der Waals surface area contributed by atoms with Crippen molar-refractivity contribution in [3.63, 3.8) is 0 Å². The van der Waals surface area contributed by atoms with Crippen LogP contribution >= 0.6 is 11.6 Å². The van der Waals surface area contributed by atoms with Crippen molar-refractivity contribution in [3.05, 3.63) is 47.1 Å². The second-order valence-electron chi connectivity index (χ2n) is 5.63. The number of benzene rings is 1. The monoisotopic (exact) mass is 277 g/mol. The van der Waals surface area contributed by atoms with Crippen LogP contribution in [0.3, 0.4) is 0 Å². The standard InChI is InChI=1S/C16H20ClNO/c1-16(2,3)18-14(12-8-6-5-7-9-12)10-13(17)15(18)11-19-4/h5-10H,11H2,1-4H3. The predicted octanol–water partition coefficient (Wildman–Crippen LogP) is 4.71. The molecule has 19 heavy (non-hydrogen) atoms. The number of methoxy groups -OCH3 is 1. The first kappa shape index (κ1) is 14.2. The van der Waals surface area contributed by atoms with Crippen molar-refractivity contribution in [1.29, 1.82) is 0 Å². The number of hydrogen-bond donors (Lipinski definition) is 0. The third-order valence-corrected chi connectivity index (χ3v) is 3.40. The van der Waals surface area contributed by atoms with Gasteiger partial charge in [-0.05, 0) is 32.4 Å². The summed E-state index contributed by atoms with van der Waals surface area (Å²) in [5.74, 6) is 0. The van der Waals surface area contributed by atoms with Crippen molar-refractivity contribution in [3.8, 4) is 11.3 Å². The van der Waals surface area contributed by atoms with Gasteiger partial charge >= 0.3 is 0 Å². The number of rotatable bonds is 3. The molecule has 0 bridgehead atoms. The molecule has 0 N–H and O–H groups in total. The van der Waals surface area contributed by atoms with E-state index in [4.69, 9.17) is 16.3 Å². The normalized spacial score (nSPS) is 11.8. The summed E-state index contributed by atoms with van der Waals surface area (Å²) >= 11 is 6.38. The largest absolute Gasteiger partial charge is 0.378 e. The lowest BCUT2D eigenvalue weighted by atomic mass is 10.1. The molecular formula is C16H20ClNO. The quantitative estimate of drug-likeness (QED) is 0.792. The molecule has 0 atom stereocenters. The fraction of sp³-hybridized carbons (Fsp3) is 0.375. The Hall–Kier alpha value is -1.25. The Bertz CT molecular complexity index is 552. The van der Waals surface area contributed by atoms with Gasteiger partial charge in [-0.3, -0.25) is 0 Å². The van der Waals surface area contributed by atoms with E-state index in [1.807, 2.05) is 24.3 Å². The zero-order valence-electron chi connectivity index (χ0n) is 11.9. The van der Waals surface area contributed by atoms with Gasteiger partial charge in [-0.25, -0.2) is 0 Å². The topological polar surface area (TPSA) is 14.2 Å². The zero-order chi connectivity index (χ0) is 14.0. The molecule has 0 fully saturated rings. The molecule has 0 saturated carbocycles. The molecule has 2 rings (SSSR count). The van der Waals surface area contributed by atoms with Crippen LogP contribution in [0.25, 0.3) is 11.3 Å². The summed E-state index contributed by atoms with van der Waals surface area (Å²) in [4.78, 5) is 0. The van der Waals surface area contributed by atoms with E-state index in [9.17, 15) is 0 Å². The molecule has 3 heteroatoms. The van der Waals surface area contributed by atoms with Gasteiger partial charge < -0.3 is 9.30 Å². The van der Waals surface area contributed by atoms with Crippen LogP contribution in [0.15, 0.2) is 36.4 Å². The van der Waals surface area contributed by atoms with Crippen molar-refractivity contribution in [2.24, 2.45) is 0 Å². The molecule has 0 radical (unpaired) electrons. The summed E-state index contributed by atoms with van der Waals surface area (Å²) in [7, 11) is 1.69. The highest BCUT2D eigenvalue weighted by molar-refractivity contribution is 6.31. The molecule has 0 saturated heterocycles. The van der Waals surface area contributed by atoms with E-state index < -0.39 is 0 Å². The van der Waals surface area contributed by atoms with E-state index >= 15 is 0 Å². The van der Waals surface area contributed by atoms with Crippen molar-refractivity contribution in [1.82, 2.24) is 4.57 Å². The maximum Gasteiger partial charge on any atom is 0.0879 e. The first-order valence-electron chi connectivity index (χ1n) is 6.40. The van der Waals surface area contributed by atoms with Crippen LogP contribution in [-0.2, 0) is 16.9 Å². The van der Waals surface area contributed by atoms with Gasteiger partial charge in [0, 0.05) is 12.6 Å². The Kier molecular flexibility index (Phi) is 4.02. The molecule has 1 aromatic heterocycles. The van der Waals surface area contributed by atoms with Crippen molar-refractivity contribution >= 4 is 11.6 Å². The van der Waals surface area contributed by atoms with E-state index in [1.165, 1.54) is 5.56 Å². The van der Waals surface area contributed by atoms with Crippen molar-refractivity contribution < 1.29 is 4.74 Å². The Morgan fingerprint density at radius 3 is 2.32 bits per heavy atom. The highest BCUT2D eigenvalue weighted by Crippen LogP contribution is 2.34. The Morgan fingerprint density at radius 2 is 1.79 bits per heavy atom. The lowest BCUT2D eigenvalue weighted by molar-refractivity contribution is 0.172. The van der Waals surface area contributed by atoms with Crippen LogP contribution in [0.2, 0.25) is 5.02 Å². The lowest BCUT2D eigenvalue weighted by Crippen LogP contribution is -2.25. The average Bonchev–Trinajstić information content (AvgIpc) is 2.68. The second kappa shape index (κ2) is 5.40. The summed E-state index contributed by atoms with van der Waals surface area (Å²) in [6.07, 6.45) is 0. The van der Waals surface area contributed by atoms with E-state index in [-0.39, 0.29) is 5.54 Å². The first-order chi connectivity index (χ1) is 8.95. The molecule has 0 unspecified atom stereocenters. The molecule has 0 aliphatic carbocycles. The van der Waals surface area contributed by atoms with Gasteiger partial charge in [0.05, 0.1) is 23.0 Å². The Balaban J connectivity index is 2.65. The maximum atomic E-state index is 6.38. The molecule has 0 spiro atoms. The molecule has 1 heterocycles. The summed E-state index contributed by atoms with van der Waals surface area (Å²) in [6, 6.07) is 12.3. The third kappa shape index (κ3) is 2.85. The third-order valence-electron chi connectivity index (χ3n) is 3.07. The molecule has 0 aliphatic rings. The SMILES string of the molecule is COCc1c(Cl)cc(-c2ccccc2)n1C(C)(C)C. The molecule has 102 valence electrons. The zero-order valence-corrected chi connectivity index (χ0v) is 12.7. The minimum absolute atomic E-state index is 0.0494. The molecule has 2 nitrogen and oxygen atoms in total. The number of halogens is 1. The van der Waals surface area contributed by atoms with Gasteiger partial charge in [0.2, 0.25) is 0 Å². The highest BCUT2D eigenvalue weighted by atomic mass is 35.5. The number of hydrogen-bond acceptors (Lipinski definition) is 1. The minimum Gasteiger partial charge on any atom is -0.378 e. The van der Waals surface area contributed by atoms with Crippen LogP contribution in [0, 0.1) is 0 Å². The number of nitrogens with zero attached hydrogens (tertiary/aromatic N) is 1. The molecule has 0 aliphatic heterocycles. The smallest absolute Gasteiger partial charge is 0.0879 e. The maximum absolute atomic E-state index is 6.38. The van der Waals surface area contributed by atoms with Crippen LogP contribution in [0.5, 0.6) is 0 Å². The van der Waals surface area contributed by atoms with Gasteiger partial charge in [-0.1, -0.05) is 41.9 Å². The van der Waals surface area contributed by atoms with Crippen LogP contribution < -0.4 is 0 Å². The van der Waals surface area contributed by atoms with Gasteiger partial charge in [0.1, 0.15) is 0 Å². The lowest BCUT2D eigenvalue weighted by Gasteiger charge is -2.27. The van der Waals surface area contributed by atoms with Crippen LogP contribution in [0.1, 0.15) is 26.5 Å². The predicted molar refractivity (Wildman–Crippen MR) is 80.6 cm³/mol. The van der Waals surface area contributed by atoms with Gasteiger partial charge in [-0.15, -0.1) is 0 Å². The first-order valence-corrected chi connectivity index (χ1v) is 6.78. The number of aromatic nitrogens is 1. The van der Waals surface area contributed by atoms with E-state index in [2.05, 4.69) is 37.5 Å². The molecular weight excluding hydrogens is 258 g/mol. The summed E-state index contributed by atoms with van der Waals surface area (Å²) in [6.45, 7) is 7.04. The molecule has 0 amide bonds. The van der Waals surface area contributed by atoms with Gasteiger partial charge in [-0.2, -0.15) is 0 Å². The van der Waals surface area contributed by atoms with Crippen molar-refractivity contribution in [2.45, 2.75) is 32.9 Å². The molecule has 1 aromatic carbocycles. The van der Waals surface area contributed by atoms with E-state index in [1.54, 1.807) is 7.11 Å². The summed E-state index contributed by atoms with van der Waals surface area (Å²) < 4.78 is 7.55. The van der Waals surface area contributed by atoms with Gasteiger partial charge in [0.15, 0.2) is 0 Å². The van der Waals surface area contributed by atoms with Crippen molar-refractivity contribution in [2.75, 3.05) is 7.11 Å². The van der Waals surface area contributed by atoms with E-state index in [0.717, 1.165) is 16.4 Å². The highest BCUT2D eigenvalue weighted by Gasteiger charge is 2.23. The van der Waals surface area contributed by atoms with Gasteiger partial charge in [0.25, 0.3) is 0 Å². The van der Waals surface area contributed by atoms with Crippen LogP contribution in [-0.4, -0.2) is 11.7 Å². The Morgan fingerprint density at radius 1 is 1.16 bits per heavy atom. The number of ether oxygens (including phenoxy) is 1. The fourth-order valence-electron chi connectivity index (χ4n) is 2.38. The average molecular weight is 278 g/mol. The minimum atomic E-state index is -0.0494. The van der Waals surface area contributed by atoms with Crippen LogP contribution in [0.4, 0.5) is 0 Å². The summed E-state index contributed by atoms with van der Waals surface area (Å²) in [5, 5.41) is 0.760. The Labute approximate surface area is 120 Å². The summed E-state index contributed by atoms with van der Waals surface area (Å²) in [5.41, 5.74) is 3.27.